The summed E-state index contributed by atoms with van der Waals surface area (Å²) in [5.41, 5.74) is 2.78. The number of benzene rings is 1. The van der Waals surface area contributed by atoms with Crippen LogP contribution in [0, 0.1) is 0 Å². The zero-order chi connectivity index (χ0) is 18.9. The molecule has 2 aliphatic rings. The molecule has 7 heteroatoms. The van der Waals surface area contributed by atoms with Crippen LogP contribution in [0.4, 0.5) is 0 Å². The number of nitrogens with zero attached hydrogens (tertiary/aromatic N) is 3. The van der Waals surface area contributed by atoms with Crippen LogP contribution in [-0.2, 0) is 26.8 Å². The van der Waals surface area contributed by atoms with E-state index in [1.165, 1.54) is 5.56 Å². The van der Waals surface area contributed by atoms with Crippen LogP contribution in [0.3, 0.4) is 0 Å². The molecule has 0 N–H and O–H groups in total. The average molecular weight is 390 g/mol. The molecule has 146 valence electrons. The van der Waals surface area contributed by atoms with E-state index in [1.807, 2.05) is 41.9 Å². The molecule has 1 aromatic carbocycles. The lowest BCUT2D eigenvalue weighted by atomic mass is 9.84. The maximum atomic E-state index is 12.5. The molecule has 0 saturated carbocycles. The summed E-state index contributed by atoms with van der Waals surface area (Å²) in [6, 6.07) is 10.1. The van der Waals surface area contributed by atoms with E-state index in [0.29, 0.717) is 39.0 Å². The van der Waals surface area contributed by atoms with Crippen molar-refractivity contribution in [2.75, 3.05) is 25.4 Å². The van der Waals surface area contributed by atoms with Gasteiger partial charge in [0, 0.05) is 19.3 Å². The van der Waals surface area contributed by atoms with Gasteiger partial charge < -0.3 is 4.74 Å². The largest absolute Gasteiger partial charge is 0.368 e. The number of rotatable bonds is 5. The van der Waals surface area contributed by atoms with Gasteiger partial charge in [0.05, 0.1) is 23.7 Å². The van der Waals surface area contributed by atoms with Crippen LogP contribution in [0.15, 0.2) is 36.5 Å². The minimum absolute atomic E-state index is 0.241. The van der Waals surface area contributed by atoms with Gasteiger partial charge in [-0.25, -0.2) is 17.4 Å². The van der Waals surface area contributed by atoms with Crippen LogP contribution >= 0.6 is 0 Å². The highest BCUT2D eigenvalue weighted by molar-refractivity contribution is 7.89. The van der Waals surface area contributed by atoms with Crippen molar-refractivity contribution in [2.45, 2.75) is 44.6 Å². The number of piperidine rings is 1. The summed E-state index contributed by atoms with van der Waals surface area (Å²) in [5.74, 6) is 0.241. The summed E-state index contributed by atoms with van der Waals surface area (Å²) in [7, 11) is -3.16. The van der Waals surface area contributed by atoms with Crippen LogP contribution in [-0.4, -0.2) is 48.0 Å². The third-order valence-corrected chi connectivity index (χ3v) is 7.63. The maximum absolute atomic E-state index is 12.5. The van der Waals surface area contributed by atoms with Gasteiger partial charge in [-0.2, -0.15) is 5.10 Å². The second-order valence-corrected chi connectivity index (χ2v) is 9.53. The van der Waals surface area contributed by atoms with Gasteiger partial charge in [0.1, 0.15) is 5.60 Å². The van der Waals surface area contributed by atoms with E-state index in [9.17, 15) is 8.42 Å². The third-order valence-electron chi connectivity index (χ3n) is 5.67. The van der Waals surface area contributed by atoms with Crippen molar-refractivity contribution in [2.24, 2.45) is 0 Å². The van der Waals surface area contributed by atoms with E-state index in [-0.39, 0.29) is 5.75 Å². The first kappa shape index (κ1) is 18.7. The number of aromatic nitrogens is 2. The lowest BCUT2D eigenvalue weighted by Gasteiger charge is -2.42. The highest BCUT2D eigenvalue weighted by atomic mass is 32.2. The first-order valence-electron chi connectivity index (χ1n) is 9.80. The predicted octanol–water partition coefficient (Wildman–Crippen LogP) is 2.87. The molecule has 1 saturated heterocycles. The highest BCUT2D eigenvalue weighted by Gasteiger charge is 2.45. The Morgan fingerprint density at radius 3 is 2.63 bits per heavy atom. The summed E-state index contributed by atoms with van der Waals surface area (Å²) < 4.78 is 34.8. The Kier molecular flexibility index (Phi) is 5.09. The molecule has 4 rings (SSSR count). The molecule has 3 heterocycles. The molecule has 0 amide bonds. The van der Waals surface area contributed by atoms with Gasteiger partial charge in [-0.05, 0) is 43.4 Å². The van der Waals surface area contributed by atoms with Crippen LogP contribution < -0.4 is 0 Å². The molecule has 2 aromatic rings. The van der Waals surface area contributed by atoms with Crippen molar-refractivity contribution in [1.82, 2.24) is 14.1 Å². The average Bonchev–Trinajstić information content (AvgIpc) is 3.14. The summed E-state index contributed by atoms with van der Waals surface area (Å²) in [5, 5.41) is 4.86. The fraction of sp³-hybridized carbons (Fsp3) is 0.550. The molecular weight excluding hydrogens is 362 g/mol. The number of fused-ring (bicyclic) bond motifs is 2. The zero-order valence-corrected chi connectivity index (χ0v) is 16.6. The van der Waals surface area contributed by atoms with Gasteiger partial charge in [0.2, 0.25) is 10.0 Å². The van der Waals surface area contributed by atoms with Crippen molar-refractivity contribution < 1.29 is 13.2 Å². The predicted molar refractivity (Wildman–Crippen MR) is 104 cm³/mol. The Morgan fingerprint density at radius 2 is 1.93 bits per heavy atom. The molecule has 0 unspecified atom stereocenters. The number of unbranched alkanes of at least 4 members (excludes halogenated alkanes) is 1. The van der Waals surface area contributed by atoms with Gasteiger partial charge in [0.25, 0.3) is 0 Å². The number of hydrogen-bond donors (Lipinski definition) is 0. The van der Waals surface area contributed by atoms with Gasteiger partial charge in [-0.15, -0.1) is 0 Å². The minimum Gasteiger partial charge on any atom is -0.368 e. The Bertz CT molecular complexity index is 884. The molecule has 0 aliphatic carbocycles. The molecule has 1 fully saturated rings. The number of hydrogen-bond acceptors (Lipinski definition) is 4. The van der Waals surface area contributed by atoms with E-state index in [4.69, 9.17) is 9.84 Å². The lowest BCUT2D eigenvalue weighted by molar-refractivity contribution is -0.0921. The summed E-state index contributed by atoms with van der Waals surface area (Å²) in [4.78, 5) is 0. The molecule has 0 radical (unpaired) electrons. The normalized spacial score (nSPS) is 19.9. The van der Waals surface area contributed by atoms with Crippen LogP contribution in [0.5, 0.6) is 0 Å². The number of sulfonamides is 1. The highest BCUT2D eigenvalue weighted by Crippen LogP contribution is 2.41. The fourth-order valence-corrected chi connectivity index (χ4v) is 5.73. The van der Waals surface area contributed by atoms with Gasteiger partial charge in [-0.1, -0.05) is 31.5 Å². The van der Waals surface area contributed by atoms with Gasteiger partial charge >= 0.3 is 0 Å². The number of para-hydroxylation sites is 1. The lowest BCUT2D eigenvalue weighted by Crippen LogP contribution is -2.48. The first-order chi connectivity index (χ1) is 13.0. The number of ether oxygens (including phenoxy) is 1. The molecule has 6 nitrogen and oxygen atoms in total. The summed E-state index contributed by atoms with van der Waals surface area (Å²) in [6.45, 7) is 3.69. The van der Waals surface area contributed by atoms with Crippen molar-refractivity contribution >= 4 is 10.0 Å². The van der Waals surface area contributed by atoms with E-state index < -0.39 is 15.6 Å². The summed E-state index contributed by atoms with van der Waals surface area (Å²) in [6.07, 6.45) is 5.88. The van der Waals surface area contributed by atoms with Crippen molar-refractivity contribution in [3.63, 3.8) is 0 Å². The third kappa shape index (κ3) is 3.56. The minimum atomic E-state index is -3.16. The molecule has 0 bridgehead atoms. The molecule has 2 aliphatic heterocycles. The second kappa shape index (κ2) is 7.37. The van der Waals surface area contributed by atoms with Gasteiger partial charge in [0.15, 0.2) is 0 Å². The van der Waals surface area contributed by atoms with E-state index in [0.717, 1.165) is 24.2 Å². The van der Waals surface area contributed by atoms with Crippen LogP contribution in [0.2, 0.25) is 0 Å². The quantitative estimate of drug-likeness (QED) is 0.789. The molecule has 0 atom stereocenters. The Labute approximate surface area is 161 Å². The molecule has 1 spiro atoms. The SMILES string of the molecule is CCCCS(=O)(=O)N1CCC2(CC1)OCCc1cn(-c3ccccc3)nc12. The Balaban J connectivity index is 1.56. The zero-order valence-electron chi connectivity index (χ0n) is 15.8. The van der Waals surface area contributed by atoms with Gasteiger partial charge in [-0.3, -0.25) is 0 Å². The Hall–Kier alpha value is -1.70. The van der Waals surface area contributed by atoms with E-state index in [2.05, 4.69) is 6.20 Å². The van der Waals surface area contributed by atoms with Crippen molar-refractivity contribution in [1.29, 1.82) is 0 Å². The standard InChI is InChI=1S/C20H27N3O3S/c1-2-3-15-27(24,25)22-12-10-20(11-13-22)19-17(9-14-26-20)16-23(21-19)18-7-5-4-6-8-18/h4-8,16H,2-3,9-15H2,1H3. The topological polar surface area (TPSA) is 64.4 Å². The monoisotopic (exact) mass is 389 g/mol. The first-order valence-corrected chi connectivity index (χ1v) is 11.4. The van der Waals surface area contributed by atoms with E-state index in [1.54, 1.807) is 4.31 Å². The Morgan fingerprint density at radius 1 is 1.19 bits per heavy atom. The summed E-state index contributed by atoms with van der Waals surface area (Å²) >= 11 is 0. The van der Waals surface area contributed by atoms with Crippen molar-refractivity contribution in [3.8, 4) is 5.69 Å². The molecule has 1 aromatic heterocycles. The van der Waals surface area contributed by atoms with Crippen molar-refractivity contribution in [3.05, 3.63) is 47.8 Å². The smallest absolute Gasteiger partial charge is 0.214 e. The van der Waals surface area contributed by atoms with Crippen LogP contribution in [0.25, 0.3) is 5.69 Å². The molecule has 27 heavy (non-hydrogen) atoms. The second-order valence-electron chi connectivity index (χ2n) is 7.44. The van der Waals surface area contributed by atoms with Crippen LogP contribution in [0.1, 0.15) is 43.9 Å². The fourth-order valence-electron chi connectivity index (χ4n) is 4.08. The maximum Gasteiger partial charge on any atom is 0.214 e. The van der Waals surface area contributed by atoms with E-state index >= 15 is 0 Å². The molecular formula is C20H27N3O3S.